The van der Waals surface area contributed by atoms with Crippen LogP contribution in [0.5, 0.6) is 0 Å². The first-order valence-electron chi connectivity index (χ1n) is 24.4. The normalized spacial score (nSPS) is 13.2. The number of ether oxygens (including phenoxy) is 1. The highest BCUT2D eigenvalue weighted by atomic mass is 16.6. The van der Waals surface area contributed by atoms with Gasteiger partial charge in [0.25, 0.3) is 0 Å². The van der Waals surface area contributed by atoms with E-state index in [0.29, 0.717) is 0 Å². The summed E-state index contributed by atoms with van der Waals surface area (Å²) in [5.74, 6) is 0. The average molecular weight is 731 g/mol. The van der Waals surface area contributed by atoms with E-state index in [9.17, 15) is 5.11 Å². The summed E-state index contributed by atoms with van der Waals surface area (Å²) in [7, 11) is 0. The minimum absolute atomic E-state index is 0.242. The number of hydrogen-bond acceptors (Lipinski definition) is 2. The van der Waals surface area contributed by atoms with Crippen LogP contribution in [0.1, 0.15) is 284 Å². The summed E-state index contributed by atoms with van der Waals surface area (Å²) in [6, 6.07) is 0. The van der Waals surface area contributed by atoms with Crippen LogP contribution >= 0.6 is 0 Å². The third-order valence-electron chi connectivity index (χ3n) is 11.2. The molecule has 2 nitrogen and oxygen atoms in total. The number of rotatable bonds is 45. The van der Waals surface area contributed by atoms with E-state index in [1.54, 1.807) is 0 Å². The molecule has 0 aromatic carbocycles. The van der Waals surface area contributed by atoms with Crippen molar-refractivity contribution in [3.63, 3.8) is 0 Å². The van der Waals surface area contributed by atoms with Crippen molar-refractivity contribution in [3.05, 3.63) is 24.3 Å². The quantitative estimate of drug-likeness (QED) is 0.0384. The Kier molecular flexibility index (Phi) is 46.0. The second-order valence-corrected chi connectivity index (χ2v) is 16.6. The molecule has 0 rings (SSSR count). The van der Waals surface area contributed by atoms with Gasteiger partial charge in [-0.2, -0.15) is 0 Å². The summed E-state index contributed by atoms with van der Waals surface area (Å²) in [4.78, 5) is 0. The summed E-state index contributed by atoms with van der Waals surface area (Å²) < 4.78 is 6.33. The fraction of sp³-hybridized carbons (Fsp3) is 0.920. The summed E-state index contributed by atoms with van der Waals surface area (Å²) in [6.45, 7) is 6.88. The van der Waals surface area contributed by atoms with Crippen LogP contribution in [0.3, 0.4) is 0 Å². The minimum Gasteiger partial charge on any atom is -0.368 e. The Morgan fingerprint density at radius 2 is 0.538 bits per heavy atom. The lowest BCUT2D eigenvalue weighted by Crippen LogP contribution is -2.22. The highest BCUT2D eigenvalue weighted by Crippen LogP contribution is 2.20. The van der Waals surface area contributed by atoms with Crippen LogP contribution in [0.25, 0.3) is 0 Å². The Bertz CT molecular complexity index is 684. The average Bonchev–Trinajstić information content (AvgIpc) is 3.15. The monoisotopic (exact) mass is 731 g/mol. The number of aliphatic hydroxyl groups excluding tert-OH is 1. The fourth-order valence-corrected chi connectivity index (χ4v) is 7.62. The standard InChI is InChI=1S/C50H98O2/c1-4-7-10-13-16-19-22-25-27-30-32-35-38-41-44-47-49(46-43-40-37-34-31-29-26-23-20-17-14-11-8-5-2)52-50(51)48-45-42-39-36-33-28-24-21-18-15-12-9-6-3/h21,24-25,27,49-51H,4-20,22-23,26,28-48H2,1-3H3/b24-21-,27-25-. The second-order valence-electron chi connectivity index (χ2n) is 16.6. The molecule has 0 heterocycles. The molecule has 2 unspecified atom stereocenters. The smallest absolute Gasteiger partial charge is 0.154 e. The van der Waals surface area contributed by atoms with Crippen molar-refractivity contribution in [1.82, 2.24) is 0 Å². The van der Waals surface area contributed by atoms with Gasteiger partial charge in [-0.1, -0.05) is 231 Å². The Labute approximate surface area is 329 Å². The van der Waals surface area contributed by atoms with Crippen molar-refractivity contribution in [3.8, 4) is 0 Å². The molecule has 310 valence electrons. The lowest BCUT2D eigenvalue weighted by Gasteiger charge is -2.22. The van der Waals surface area contributed by atoms with Crippen LogP contribution in [-0.2, 0) is 4.74 Å². The van der Waals surface area contributed by atoms with Crippen LogP contribution in [0.2, 0.25) is 0 Å². The van der Waals surface area contributed by atoms with Crippen molar-refractivity contribution < 1.29 is 9.84 Å². The van der Waals surface area contributed by atoms with Crippen molar-refractivity contribution >= 4 is 0 Å². The maximum atomic E-state index is 10.8. The molecule has 0 fully saturated rings. The minimum atomic E-state index is -0.574. The number of unbranched alkanes of at least 4 members (excludes halogenated alkanes) is 33. The van der Waals surface area contributed by atoms with Gasteiger partial charge in [0.15, 0.2) is 6.29 Å². The van der Waals surface area contributed by atoms with E-state index in [2.05, 4.69) is 45.1 Å². The Balaban J connectivity index is 4.13. The van der Waals surface area contributed by atoms with Crippen molar-refractivity contribution in [2.24, 2.45) is 0 Å². The third-order valence-corrected chi connectivity index (χ3v) is 11.2. The van der Waals surface area contributed by atoms with Gasteiger partial charge in [-0.25, -0.2) is 0 Å². The number of aliphatic hydroxyl groups is 1. The number of hydrogen-bond donors (Lipinski definition) is 1. The maximum Gasteiger partial charge on any atom is 0.154 e. The van der Waals surface area contributed by atoms with Gasteiger partial charge in [-0.15, -0.1) is 0 Å². The molecule has 0 aromatic heterocycles. The number of allylic oxidation sites excluding steroid dienone is 4. The molecule has 0 spiro atoms. The summed E-state index contributed by atoms with van der Waals surface area (Å²) in [5, 5.41) is 10.8. The Morgan fingerprint density at radius 1 is 0.308 bits per heavy atom. The molecular formula is C50H98O2. The zero-order valence-corrected chi connectivity index (χ0v) is 36.3. The molecule has 0 aliphatic carbocycles. The highest BCUT2D eigenvalue weighted by molar-refractivity contribution is 4.82. The Hall–Kier alpha value is -0.600. The van der Waals surface area contributed by atoms with Crippen molar-refractivity contribution in [2.75, 3.05) is 0 Å². The van der Waals surface area contributed by atoms with Crippen LogP contribution in [0.4, 0.5) is 0 Å². The topological polar surface area (TPSA) is 29.5 Å². The van der Waals surface area contributed by atoms with E-state index in [1.165, 1.54) is 238 Å². The van der Waals surface area contributed by atoms with Gasteiger partial charge in [0.1, 0.15) is 0 Å². The molecule has 2 atom stereocenters. The molecule has 0 aliphatic rings. The lowest BCUT2D eigenvalue weighted by molar-refractivity contribution is -0.144. The molecule has 0 amide bonds. The van der Waals surface area contributed by atoms with E-state index >= 15 is 0 Å². The van der Waals surface area contributed by atoms with Crippen molar-refractivity contribution in [1.29, 1.82) is 0 Å². The molecule has 0 saturated carbocycles. The van der Waals surface area contributed by atoms with Crippen LogP contribution in [0.15, 0.2) is 24.3 Å². The third kappa shape index (κ3) is 43.8. The van der Waals surface area contributed by atoms with E-state index in [1.807, 2.05) is 0 Å². The van der Waals surface area contributed by atoms with E-state index in [-0.39, 0.29) is 6.10 Å². The Morgan fingerprint density at radius 3 is 0.846 bits per heavy atom. The highest BCUT2D eigenvalue weighted by Gasteiger charge is 2.14. The molecular weight excluding hydrogens is 633 g/mol. The molecule has 2 heteroatoms. The van der Waals surface area contributed by atoms with E-state index in [4.69, 9.17) is 4.74 Å². The summed E-state index contributed by atoms with van der Waals surface area (Å²) in [6.07, 6.45) is 63.7. The summed E-state index contributed by atoms with van der Waals surface area (Å²) >= 11 is 0. The van der Waals surface area contributed by atoms with Gasteiger partial charge in [0.2, 0.25) is 0 Å². The fourth-order valence-electron chi connectivity index (χ4n) is 7.62. The molecule has 52 heavy (non-hydrogen) atoms. The molecule has 0 bridgehead atoms. The molecule has 0 aromatic rings. The van der Waals surface area contributed by atoms with Gasteiger partial charge in [-0.05, 0) is 77.0 Å². The van der Waals surface area contributed by atoms with Gasteiger partial charge in [0.05, 0.1) is 6.10 Å². The molecule has 0 radical (unpaired) electrons. The van der Waals surface area contributed by atoms with E-state index in [0.717, 1.165) is 25.7 Å². The first-order chi connectivity index (χ1) is 25.7. The molecule has 0 saturated heterocycles. The van der Waals surface area contributed by atoms with E-state index < -0.39 is 6.29 Å². The van der Waals surface area contributed by atoms with Gasteiger partial charge in [0, 0.05) is 0 Å². The van der Waals surface area contributed by atoms with Gasteiger partial charge < -0.3 is 9.84 Å². The van der Waals surface area contributed by atoms with Crippen molar-refractivity contribution in [2.45, 2.75) is 296 Å². The van der Waals surface area contributed by atoms with Crippen LogP contribution in [0, 0.1) is 0 Å². The second kappa shape index (κ2) is 46.6. The van der Waals surface area contributed by atoms with Gasteiger partial charge in [-0.3, -0.25) is 0 Å². The predicted molar refractivity (Wildman–Crippen MR) is 235 cm³/mol. The predicted octanol–water partition coefficient (Wildman–Crippen LogP) is 17.9. The van der Waals surface area contributed by atoms with Crippen LogP contribution < -0.4 is 0 Å². The first kappa shape index (κ1) is 51.4. The largest absolute Gasteiger partial charge is 0.368 e. The zero-order chi connectivity index (χ0) is 37.7. The van der Waals surface area contributed by atoms with Crippen LogP contribution in [-0.4, -0.2) is 17.5 Å². The zero-order valence-electron chi connectivity index (χ0n) is 36.3. The molecule has 0 aliphatic heterocycles. The van der Waals surface area contributed by atoms with Gasteiger partial charge >= 0.3 is 0 Å². The lowest BCUT2D eigenvalue weighted by atomic mass is 10.0. The first-order valence-corrected chi connectivity index (χ1v) is 24.4. The molecule has 1 N–H and O–H groups in total. The SMILES string of the molecule is CCCCCC/C=C\CCCCCCCC(O)OC(CCCCCCC/C=C\CCCCCCCC)CCCCCCCCCCCCCCCC. The maximum absolute atomic E-state index is 10.8. The summed E-state index contributed by atoms with van der Waals surface area (Å²) in [5.41, 5.74) is 0.